The van der Waals surface area contributed by atoms with Crippen LogP contribution in [0.5, 0.6) is 11.5 Å². The van der Waals surface area contributed by atoms with Gasteiger partial charge in [-0.3, -0.25) is 4.79 Å². The van der Waals surface area contributed by atoms with Crippen LogP contribution < -0.4 is 19.9 Å². The van der Waals surface area contributed by atoms with E-state index in [0.717, 1.165) is 22.1 Å². The van der Waals surface area contributed by atoms with E-state index in [1.54, 1.807) is 13.2 Å². The molecule has 0 saturated heterocycles. The van der Waals surface area contributed by atoms with Crippen molar-refractivity contribution in [1.29, 1.82) is 0 Å². The average Bonchev–Trinajstić information content (AvgIpc) is 2.71. The third-order valence-electron chi connectivity index (χ3n) is 4.24. The van der Waals surface area contributed by atoms with Gasteiger partial charge in [0, 0.05) is 11.8 Å². The SMILES string of the molecule is COc1ccc2cc(/C=C/C(=O)Nc3ccc(OC)c(S(N)(=O)=O)c3)ccc2c1. The van der Waals surface area contributed by atoms with Gasteiger partial charge in [-0.15, -0.1) is 0 Å². The van der Waals surface area contributed by atoms with Gasteiger partial charge >= 0.3 is 0 Å². The molecular weight excluding hydrogens is 392 g/mol. The molecular formula is C21H20N2O5S. The van der Waals surface area contributed by atoms with Crippen molar-refractivity contribution in [2.75, 3.05) is 19.5 Å². The second-order valence-electron chi connectivity index (χ2n) is 6.21. The number of hydrogen-bond donors (Lipinski definition) is 2. The van der Waals surface area contributed by atoms with Crippen molar-refractivity contribution < 1.29 is 22.7 Å². The summed E-state index contributed by atoms with van der Waals surface area (Å²) >= 11 is 0. The molecule has 1 amide bonds. The smallest absolute Gasteiger partial charge is 0.248 e. The van der Waals surface area contributed by atoms with Gasteiger partial charge in [0.2, 0.25) is 15.9 Å². The van der Waals surface area contributed by atoms with Gasteiger partial charge in [-0.2, -0.15) is 0 Å². The molecule has 0 heterocycles. The van der Waals surface area contributed by atoms with E-state index in [1.807, 2.05) is 36.4 Å². The van der Waals surface area contributed by atoms with Crippen molar-refractivity contribution in [3.8, 4) is 11.5 Å². The van der Waals surface area contributed by atoms with E-state index in [2.05, 4.69) is 5.32 Å². The van der Waals surface area contributed by atoms with Gasteiger partial charge in [0.15, 0.2) is 0 Å². The molecule has 3 rings (SSSR count). The lowest BCUT2D eigenvalue weighted by Gasteiger charge is -2.09. The van der Waals surface area contributed by atoms with E-state index in [9.17, 15) is 13.2 Å². The highest BCUT2D eigenvalue weighted by molar-refractivity contribution is 7.89. The van der Waals surface area contributed by atoms with E-state index in [4.69, 9.17) is 14.6 Å². The lowest BCUT2D eigenvalue weighted by molar-refractivity contribution is -0.111. The molecule has 0 aliphatic carbocycles. The number of nitrogens with two attached hydrogens (primary N) is 1. The molecule has 0 fully saturated rings. The van der Waals surface area contributed by atoms with Gasteiger partial charge in [0.05, 0.1) is 14.2 Å². The molecule has 0 aliphatic heterocycles. The molecule has 3 N–H and O–H groups in total. The summed E-state index contributed by atoms with van der Waals surface area (Å²) in [7, 11) is -1.03. The number of hydrogen-bond acceptors (Lipinski definition) is 5. The van der Waals surface area contributed by atoms with Gasteiger partial charge in [0.1, 0.15) is 16.4 Å². The van der Waals surface area contributed by atoms with Crippen LogP contribution in [0.25, 0.3) is 16.8 Å². The number of rotatable bonds is 6. The zero-order valence-corrected chi connectivity index (χ0v) is 16.7. The molecule has 0 bridgehead atoms. The second kappa shape index (κ2) is 8.34. The molecule has 150 valence electrons. The predicted octanol–water partition coefficient (Wildman–Crippen LogP) is 3.16. The maximum absolute atomic E-state index is 12.2. The molecule has 0 radical (unpaired) electrons. The van der Waals surface area contributed by atoms with Crippen molar-refractivity contribution in [2.24, 2.45) is 5.14 Å². The van der Waals surface area contributed by atoms with Crippen LogP contribution >= 0.6 is 0 Å². The van der Waals surface area contributed by atoms with Gasteiger partial charge in [-0.25, -0.2) is 13.6 Å². The zero-order chi connectivity index (χ0) is 21.0. The maximum atomic E-state index is 12.2. The van der Waals surface area contributed by atoms with Gasteiger partial charge in [-0.1, -0.05) is 18.2 Å². The Hall–Kier alpha value is -3.36. The van der Waals surface area contributed by atoms with Crippen molar-refractivity contribution in [3.05, 3.63) is 66.2 Å². The summed E-state index contributed by atoms with van der Waals surface area (Å²) in [4.78, 5) is 12.0. The number of carbonyl (C=O) groups is 1. The van der Waals surface area contributed by atoms with E-state index in [-0.39, 0.29) is 16.3 Å². The number of nitrogens with one attached hydrogen (secondary N) is 1. The molecule has 3 aromatic carbocycles. The fourth-order valence-corrected chi connectivity index (χ4v) is 3.53. The molecule has 0 atom stereocenters. The van der Waals surface area contributed by atoms with E-state index >= 15 is 0 Å². The number of anilines is 1. The first-order valence-corrected chi connectivity index (χ1v) is 10.1. The molecule has 29 heavy (non-hydrogen) atoms. The second-order valence-corrected chi connectivity index (χ2v) is 7.74. The lowest BCUT2D eigenvalue weighted by atomic mass is 10.1. The Morgan fingerprint density at radius 2 is 1.69 bits per heavy atom. The van der Waals surface area contributed by atoms with Crippen LogP contribution in [0.1, 0.15) is 5.56 Å². The molecule has 0 saturated carbocycles. The highest BCUT2D eigenvalue weighted by Gasteiger charge is 2.16. The number of primary sulfonamides is 1. The minimum atomic E-state index is -3.99. The average molecular weight is 412 g/mol. The fourth-order valence-electron chi connectivity index (χ4n) is 2.81. The summed E-state index contributed by atoms with van der Waals surface area (Å²) in [5, 5.41) is 9.84. The number of fused-ring (bicyclic) bond motifs is 1. The number of sulfonamides is 1. The third kappa shape index (κ3) is 4.92. The van der Waals surface area contributed by atoms with E-state index < -0.39 is 15.9 Å². The maximum Gasteiger partial charge on any atom is 0.248 e. The standard InChI is InChI=1S/C21H20N2O5S/c1-27-18-8-6-15-11-14(3-5-16(15)12-18)4-10-21(24)23-17-7-9-19(28-2)20(13-17)29(22,25)26/h3-13H,1-2H3,(H,23,24)(H2,22,25,26)/b10-4+. The molecule has 8 heteroatoms. The minimum absolute atomic E-state index is 0.105. The largest absolute Gasteiger partial charge is 0.497 e. The first kappa shape index (κ1) is 20.4. The van der Waals surface area contributed by atoms with E-state index in [0.29, 0.717) is 0 Å². The van der Waals surface area contributed by atoms with Gasteiger partial charge < -0.3 is 14.8 Å². The summed E-state index contributed by atoms with van der Waals surface area (Å²) in [6, 6.07) is 15.7. The summed E-state index contributed by atoms with van der Waals surface area (Å²) in [6.45, 7) is 0. The third-order valence-corrected chi connectivity index (χ3v) is 5.17. The Morgan fingerprint density at radius 1 is 0.966 bits per heavy atom. The van der Waals surface area contributed by atoms with Crippen LogP contribution in [0.3, 0.4) is 0 Å². The van der Waals surface area contributed by atoms with Crippen LogP contribution in [-0.2, 0) is 14.8 Å². The zero-order valence-electron chi connectivity index (χ0n) is 15.9. The van der Waals surface area contributed by atoms with Crippen molar-refractivity contribution >= 4 is 38.5 Å². The molecule has 0 aliphatic rings. The Bertz CT molecular complexity index is 1200. The highest BCUT2D eigenvalue weighted by atomic mass is 32.2. The molecule has 0 unspecified atom stereocenters. The minimum Gasteiger partial charge on any atom is -0.497 e. The Labute approximate surface area is 168 Å². The number of ether oxygens (including phenoxy) is 2. The quantitative estimate of drug-likeness (QED) is 0.605. The van der Waals surface area contributed by atoms with Crippen LogP contribution in [0.4, 0.5) is 5.69 Å². The Morgan fingerprint density at radius 3 is 2.38 bits per heavy atom. The summed E-state index contributed by atoms with van der Waals surface area (Å²) < 4.78 is 33.5. The highest BCUT2D eigenvalue weighted by Crippen LogP contribution is 2.26. The summed E-state index contributed by atoms with van der Waals surface area (Å²) in [6.07, 6.45) is 3.04. The first-order chi connectivity index (χ1) is 13.8. The molecule has 7 nitrogen and oxygen atoms in total. The summed E-state index contributed by atoms with van der Waals surface area (Å²) in [5.74, 6) is 0.470. The topological polar surface area (TPSA) is 108 Å². The van der Waals surface area contributed by atoms with Crippen molar-refractivity contribution in [2.45, 2.75) is 4.90 Å². The molecule has 0 spiro atoms. The van der Waals surface area contributed by atoms with Gasteiger partial charge in [-0.05, 0) is 58.8 Å². The lowest BCUT2D eigenvalue weighted by Crippen LogP contribution is -2.15. The number of carbonyl (C=O) groups excluding carboxylic acids is 1. The number of benzene rings is 3. The van der Waals surface area contributed by atoms with Crippen LogP contribution in [0.15, 0.2) is 65.6 Å². The molecule has 0 aromatic heterocycles. The van der Waals surface area contributed by atoms with Gasteiger partial charge in [0.25, 0.3) is 0 Å². The van der Waals surface area contributed by atoms with Crippen LogP contribution in [0, 0.1) is 0 Å². The Balaban J connectivity index is 1.77. The first-order valence-electron chi connectivity index (χ1n) is 8.58. The van der Waals surface area contributed by atoms with Crippen LogP contribution in [-0.4, -0.2) is 28.5 Å². The predicted molar refractivity (Wildman–Crippen MR) is 113 cm³/mol. The number of methoxy groups -OCH3 is 2. The normalized spacial score (nSPS) is 11.6. The monoisotopic (exact) mass is 412 g/mol. The van der Waals surface area contributed by atoms with Crippen molar-refractivity contribution in [1.82, 2.24) is 0 Å². The molecule has 3 aromatic rings. The summed E-state index contributed by atoms with van der Waals surface area (Å²) in [5.41, 5.74) is 1.13. The number of amides is 1. The fraction of sp³-hybridized carbons (Fsp3) is 0.0952. The van der Waals surface area contributed by atoms with Crippen molar-refractivity contribution in [3.63, 3.8) is 0 Å². The Kier molecular flexibility index (Phi) is 5.86. The van der Waals surface area contributed by atoms with Crippen LogP contribution in [0.2, 0.25) is 0 Å². The van der Waals surface area contributed by atoms with E-state index in [1.165, 1.54) is 31.4 Å².